The van der Waals surface area contributed by atoms with E-state index in [0.29, 0.717) is 17.5 Å². The zero-order valence-corrected chi connectivity index (χ0v) is 16.0. The van der Waals surface area contributed by atoms with Crippen molar-refractivity contribution < 1.29 is 19.8 Å². The van der Waals surface area contributed by atoms with Crippen LogP contribution < -0.4 is 5.32 Å². The molecule has 2 aromatic carbocycles. The van der Waals surface area contributed by atoms with E-state index in [0.717, 1.165) is 11.1 Å². The highest BCUT2D eigenvalue weighted by molar-refractivity contribution is 5.99. The van der Waals surface area contributed by atoms with E-state index in [2.05, 4.69) is 5.32 Å². The fraction of sp³-hybridized carbons (Fsp3) is 0.391. The molecule has 28 heavy (non-hydrogen) atoms. The summed E-state index contributed by atoms with van der Waals surface area (Å²) in [5, 5.41) is 23.9. The molecule has 6 atom stereocenters. The maximum atomic E-state index is 12.9. The summed E-state index contributed by atoms with van der Waals surface area (Å²) in [5.41, 5.74) is 2.93. The standard InChI is InChI=1S/C23H25NO4/c1-12-10-15(8-9-16(12)13(2)25)23(28)24-20-18-11-17(21(26)22(18)27)19(20)14-6-4-3-5-7-14/h3-10,17-22,26-27H,11H2,1-2H3,(H,24,28)/t17-,18+,19+,20+,21-,22+/m1/s1. The molecule has 0 aromatic heterocycles. The van der Waals surface area contributed by atoms with E-state index < -0.39 is 12.2 Å². The molecule has 2 aliphatic carbocycles. The number of benzene rings is 2. The zero-order chi connectivity index (χ0) is 20.0. The Balaban J connectivity index is 1.61. The molecule has 0 spiro atoms. The van der Waals surface area contributed by atoms with Gasteiger partial charge in [-0.05, 0) is 49.4 Å². The van der Waals surface area contributed by atoms with Gasteiger partial charge in [0.05, 0.1) is 12.2 Å². The molecule has 1 amide bonds. The molecule has 5 nitrogen and oxygen atoms in total. The molecular weight excluding hydrogens is 354 g/mol. The summed E-state index contributed by atoms with van der Waals surface area (Å²) in [6, 6.07) is 14.7. The average molecular weight is 379 g/mol. The normalized spacial score (nSPS) is 31.0. The second-order valence-electron chi connectivity index (χ2n) is 8.07. The Hall–Kier alpha value is -2.50. The number of hydrogen-bond acceptors (Lipinski definition) is 4. The van der Waals surface area contributed by atoms with Gasteiger partial charge in [-0.25, -0.2) is 0 Å². The van der Waals surface area contributed by atoms with Crippen LogP contribution in [0.25, 0.3) is 0 Å². The van der Waals surface area contributed by atoms with Crippen LogP contribution in [-0.2, 0) is 0 Å². The Kier molecular flexibility index (Phi) is 4.81. The van der Waals surface area contributed by atoms with Gasteiger partial charge in [0.25, 0.3) is 5.91 Å². The Morgan fingerprint density at radius 2 is 1.68 bits per heavy atom. The molecule has 0 heterocycles. The van der Waals surface area contributed by atoms with Crippen LogP contribution in [0.1, 0.15) is 51.1 Å². The number of carbonyl (C=O) groups excluding carboxylic acids is 2. The zero-order valence-electron chi connectivity index (χ0n) is 16.0. The minimum atomic E-state index is -0.822. The molecule has 0 radical (unpaired) electrons. The Morgan fingerprint density at radius 1 is 1.00 bits per heavy atom. The van der Waals surface area contributed by atoms with Gasteiger partial charge in [-0.1, -0.05) is 36.4 Å². The highest BCUT2D eigenvalue weighted by atomic mass is 16.3. The van der Waals surface area contributed by atoms with Crippen LogP contribution in [0.4, 0.5) is 0 Å². The Labute approximate surface area is 164 Å². The van der Waals surface area contributed by atoms with Gasteiger partial charge >= 0.3 is 0 Å². The van der Waals surface area contributed by atoms with Gasteiger partial charge in [-0.15, -0.1) is 0 Å². The predicted molar refractivity (Wildman–Crippen MR) is 105 cm³/mol. The summed E-state index contributed by atoms with van der Waals surface area (Å²) in [6.07, 6.45) is -0.896. The first-order valence-electron chi connectivity index (χ1n) is 9.72. The number of ketones is 1. The largest absolute Gasteiger partial charge is 0.390 e. The monoisotopic (exact) mass is 379 g/mol. The Bertz CT molecular complexity index is 910. The number of rotatable bonds is 4. The van der Waals surface area contributed by atoms with Gasteiger partial charge in [0.15, 0.2) is 5.78 Å². The molecule has 5 heteroatoms. The Morgan fingerprint density at radius 3 is 2.32 bits per heavy atom. The van der Waals surface area contributed by atoms with Crippen LogP contribution in [0.5, 0.6) is 0 Å². The minimum absolute atomic E-state index is 0.0289. The molecule has 2 saturated carbocycles. The third-order valence-corrected chi connectivity index (χ3v) is 6.43. The lowest BCUT2D eigenvalue weighted by Crippen LogP contribution is -2.51. The van der Waals surface area contributed by atoms with Gasteiger partial charge < -0.3 is 15.5 Å². The molecule has 4 rings (SSSR count). The number of Topliss-reactive ketones (excluding diaryl/α,β-unsaturated/α-hetero) is 1. The molecule has 0 saturated heterocycles. The maximum absolute atomic E-state index is 12.9. The first-order chi connectivity index (χ1) is 13.4. The lowest BCUT2D eigenvalue weighted by Gasteiger charge is -2.37. The molecule has 2 fully saturated rings. The van der Waals surface area contributed by atoms with E-state index in [1.54, 1.807) is 18.2 Å². The van der Waals surface area contributed by atoms with Crippen LogP contribution in [0.3, 0.4) is 0 Å². The topological polar surface area (TPSA) is 86.6 Å². The summed E-state index contributed by atoms with van der Waals surface area (Å²) >= 11 is 0. The number of fused-ring (bicyclic) bond motifs is 2. The molecule has 2 aliphatic rings. The van der Waals surface area contributed by atoms with Crippen LogP contribution >= 0.6 is 0 Å². The first-order valence-corrected chi connectivity index (χ1v) is 9.72. The lowest BCUT2D eigenvalue weighted by atomic mass is 9.77. The van der Waals surface area contributed by atoms with Crippen LogP contribution in [0, 0.1) is 18.8 Å². The average Bonchev–Trinajstić information content (AvgIpc) is 3.18. The van der Waals surface area contributed by atoms with Crippen molar-refractivity contribution in [2.45, 2.75) is 44.4 Å². The molecule has 3 N–H and O–H groups in total. The quantitative estimate of drug-likeness (QED) is 0.712. The minimum Gasteiger partial charge on any atom is -0.390 e. The van der Waals surface area contributed by atoms with E-state index in [1.165, 1.54) is 6.92 Å². The summed E-state index contributed by atoms with van der Waals surface area (Å²) in [5.74, 6) is -0.537. The third kappa shape index (κ3) is 3.05. The summed E-state index contributed by atoms with van der Waals surface area (Å²) in [6.45, 7) is 3.33. The molecule has 146 valence electrons. The van der Waals surface area contributed by atoms with Gasteiger partial charge in [-0.2, -0.15) is 0 Å². The molecule has 2 bridgehead atoms. The lowest BCUT2D eigenvalue weighted by molar-refractivity contribution is -0.0327. The SMILES string of the molecule is CC(=O)c1ccc(C(=O)N[C@H]2[C@@H]3C[C@@H]([C@@H](O)[C@H]3O)[C@@H]2c2ccccc2)cc1C. The highest BCUT2D eigenvalue weighted by Crippen LogP contribution is 2.53. The van der Waals surface area contributed by atoms with Crippen molar-refractivity contribution >= 4 is 11.7 Å². The fourth-order valence-electron chi connectivity index (χ4n) is 5.11. The van der Waals surface area contributed by atoms with Crippen molar-refractivity contribution in [1.29, 1.82) is 0 Å². The number of aliphatic hydroxyl groups is 2. The number of hydrogen-bond donors (Lipinski definition) is 3. The van der Waals surface area contributed by atoms with Crippen LogP contribution in [0.15, 0.2) is 48.5 Å². The van der Waals surface area contributed by atoms with E-state index in [-0.39, 0.29) is 35.5 Å². The smallest absolute Gasteiger partial charge is 0.251 e. The van der Waals surface area contributed by atoms with E-state index >= 15 is 0 Å². The number of aliphatic hydroxyl groups excluding tert-OH is 2. The second kappa shape index (κ2) is 7.15. The van der Waals surface area contributed by atoms with Crippen molar-refractivity contribution in [2.24, 2.45) is 11.8 Å². The van der Waals surface area contributed by atoms with Crippen molar-refractivity contribution in [3.63, 3.8) is 0 Å². The van der Waals surface area contributed by atoms with Gasteiger partial charge in [0.1, 0.15) is 0 Å². The third-order valence-electron chi connectivity index (χ3n) is 6.43. The van der Waals surface area contributed by atoms with E-state index in [1.807, 2.05) is 37.3 Å². The highest BCUT2D eigenvalue weighted by Gasteiger charge is 2.58. The second-order valence-corrected chi connectivity index (χ2v) is 8.07. The van der Waals surface area contributed by atoms with Crippen LogP contribution in [-0.4, -0.2) is 40.2 Å². The number of aryl methyl sites for hydroxylation is 1. The fourth-order valence-corrected chi connectivity index (χ4v) is 5.11. The maximum Gasteiger partial charge on any atom is 0.251 e. The number of carbonyl (C=O) groups is 2. The molecule has 0 aliphatic heterocycles. The van der Waals surface area contributed by atoms with Crippen molar-refractivity contribution in [3.8, 4) is 0 Å². The van der Waals surface area contributed by atoms with Crippen molar-refractivity contribution in [1.82, 2.24) is 5.32 Å². The van der Waals surface area contributed by atoms with Gasteiger partial charge in [0.2, 0.25) is 0 Å². The first kappa shape index (κ1) is 18.8. The van der Waals surface area contributed by atoms with E-state index in [4.69, 9.17) is 0 Å². The van der Waals surface area contributed by atoms with Gasteiger partial charge in [-0.3, -0.25) is 9.59 Å². The predicted octanol–water partition coefficient (Wildman–Crippen LogP) is 2.45. The number of amides is 1. The van der Waals surface area contributed by atoms with Crippen molar-refractivity contribution in [3.05, 3.63) is 70.8 Å². The summed E-state index contributed by atoms with van der Waals surface area (Å²) in [4.78, 5) is 24.6. The summed E-state index contributed by atoms with van der Waals surface area (Å²) in [7, 11) is 0. The van der Waals surface area contributed by atoms with E-state index in [9.17, 15) is 19.8 Å². The van der Waals surface area contributed by atoms with Gasteiger partial charge in [0, 0.05) is 29.0 Å². The molecule has 0 unspecified atom stereocenters. The van der Waals surface area contributed by atoms with Crippen LogP contribution in [0.2, 0.25) is 0 Å². The van der Waals surface area contributed by atoms with Crippen molar-refractivity contribution in [2.75, 3.05) is 0 Å². The molecular formula is C23H25NO4. The summed E-state index contributed by atoms with van der Waals surface area (Å²) < 4.78 is 0. The number of nitrogens with one attached hydrogen (secondary N) is 1. The molecule has 2 aromatic rings.